The number of rotatable bonds is 4. The predicted molar refractivity (Wildman–Crippen MR) is 87.0 cm³/mol. The summed E-state index contributed by atoms with van der Waals surface area (Å²) in [6, 6.07) is 8.51. The first kappa shape index (κ1) is 14.1. The molecule has 1 aromatic heterocycles. The number of methoxy groups -OCH3 is 1. The number of fused-ring (bicyclic) bond motifs is 1. The van der Waals surface area contributed by atoms with E-state index in [-0.39, 0.29) is 0 Å². The number of pyridine rings is 1. The fourth-order valence-corrected chi connectivity index (χ4v) is 3.11. The number of benzene rings is 1. The second-order valence-electron chi connectivity index (χ2n) is 5.75. The van der Waals surface area contributed by atoms with E-state index in [2.05, 4.69) is 28.6 Å². The molecule has 2 atom stereocenters. The molecule has 2 N–H and O–H groups in total. The predicted octanol–water partition coefficient (Wildman–Crippen LogP) is 3.04. The summed E-state index contributed by atoms with van der Waals surface area (Å²) in [5.41, 5.74) is 0. The lowest BCUT2D eigenvalue weighted by Gasteiger charge is -2.29. The third-order valence-corrected chi connectivity index (χ3v) is 4.39. The van der Waals surface area contributed by atoms with E-state index in [0.717, 1.165) is 35.4 Å². The molecule has 112 valence electrons. The molecule has 3 rings (SSSR count). The number of aromatic nitrogens is 1. The standard InChI is InChI=1S/C17H23N3O/c1-12(13-5-4-9-18-11-13)20-17-15-6-3-7-16(21-2)14(15)8-10-19-17/h3,6-8,10,12-13,18H,4-5,9,11H2,1-2H3,(H,19,20). The topological polar surface area (TPSA) is 46.2 Å². The maximum absolute atomic E-state index is 5.44. The molecular formula is C17H23N3O. The number of nitrogens with one attached hydrogen (secondary N) is 2. The molecule has 2 unspecified atom stereocenters. The van der Waals surface area contributed by atoms with Crippen molar-refractivity contribution in [3.05, 3.63) is 30.5 Å². The van der Waals surface area contributed by atoms with Gasteiger partial charge in [0.1, 0.15) is 11.6 Å². The Balaban J connectivity index is 1.86. The number of nitrogens with zero attached hydrogens (tertiary/aromatic N) is 1. The van der Waals surface area contributed by atoms with Crippen LogP contribution < -0.4 is 15.4 Å². The van der Waals surface area contributed by atoms with Gasteiger partial charge in [0.05, 0.1) is 7.11 Å². The second kappa shape index (κ2) is 6.31. The smallest absolute Gasteiger partial charge is 0.134 e. The molecule has 0 spiro atoms. The molecule has 1 saturated heterocycles. The molecule has 0 radical (unpaired) electrons. The molecular weight excluding hydrogens is 262 g/mol. The van der Waals surface area contributed by atoms with Crippen molar-refractivity contribution in [3.8, 4) is 5.75 Å². The summed E-state index contributed by atoms with van der Waals surface area (Å²) in [6.07, 6.45) is 4.38. The van der Waals surface area contributed by atoms with Crippen LogP contribution in [0, 0.1) is 5.92 Å². The molecule has 1 aliphatic rings. The van der Waals surface area contributed by atoms with Gasteiger partial charge in [-0.15, -0.1) is 0 Å². The minimum Gasteiger partial charge on any atom is -0.496 e. The van der Waals surface area contributed by atoms with Crippen molar-refractivity contribution in [1.29, 1.82) is 0 Å². The fourth-order valence-electron chi connectivity index (χ4n) is 3.11. The van der Waals surface area contributed by atoms with Crippen molar-refractivity contribution < 1.29 is 4.74 Å². The maximum Gasteiger partial charge on any atom is 0.134 e. The van der Waals surface area contributed by atoms with E-state index in [1.54, 1.807) is 7.11 Å². The Kier molecular flexibility index (Phi) is 4.25. The summed E-state index contributed by atoms with van der Waals surface area (Å²) in [5.74, 6) is 2.50. The zero-order valence-corrected chi connectivity index (χ0v) is 12.7. The highest BCUT2D eigenvalue weighted by Gasteiger charge is 2.20. The van der Waals surface area contributed by atoms with Crippen LogP contribution in [0.15, 0.2) is 30.5 Å². The SMILES string of the molecule is COc1cccc2c(NC(C)C3CCCNC3)nccc12. The van der Waals surface area contributed by atoms with Gasteiger partial charge in [0.25, 0.3) is 0 Å². The van der Waals surface area contributed by atoms with Crippen LogP contribution in [0.5, 0.6) is 5.75 Å². The van der Waals surface area contributed by atoms with Crippen LogP contribution in [0.3, 0.4) is 0 Å². The van der Waals surface area contributed by atoms with Gasteiger partial charge in [0, 0.05) is 23.0 Å². The first-order valence-corrected chi connectivity index (χ1v) is 7.68. The van der Waals surface area contributed by atoms with Crippen molar-refractivity contribution >= 4 is 16.6 Å². The summed E-state index contributed by atoms with van der Waals surface area (Å²) < 4.78 is 5.44. The Morgan fingerprint density at radius 2 is 2.24 bits per heavy atom. The van der Waals surface area contributed by atoms with Gasteiger partial charge >= 0.3 is 0 Å². The summed E-state index contributed by atoms with van der Waals surface area (Å²) >= 11 is 0. The lowest BCUT2D eigenvalue weighted by molar-refractivity contribution is 0.347. The summed E-state index contributed by atoms with van der Waals surface area (Å²) in [6.45, 7) is 4.48. The van der Waals surface area contributed by atoms with Gasteiger partial charge < -0.3 is 15.4 Å². The molecule has 4 nitrogen and oxygen atoms in total. The number of hydrogen-bond acceptors (Lipinski definition) is 4. The highest BCUT2D eigenvalue weighted by molar-refractivity contribution is 5.95. The quantitative estimate of drug-likeness (QED) is 0.906. The van der Waals surface area contributed by atoms with Crippen LogP contribution in [-0.2, 0) is 0 Å². The minimum absolute atomic E-state index is 0.405. The van der Waals surface area contributed by atoms with E-state index < -0.39 is 0 Å². The van der Waals surface area contributed by atoms with E-state index in [1.807, 2.05) is 24.4 Å². The lowest BCUT2D eigenvalue weighted by Crippen LogP contribution is -2.38. The second-order valence-corrected chi connectivity index (χ2v) is 5.75. The first-order valence-electron chi connectivity index (χ1n) is 7.68. The molecule has 21 heavy (non-hydrogen) atoms. The Morgan fingerprint density at radius 1 is 1.33 bits per heavy atom. The molecule has 1 aliphatic heterocycles. The first-order chi connectivity index (χ1) is 10.3. The molecule has 2 aromatic rings. The molecule has 0 amide bonds. The number of anilines is 1. The van der Waals surface area contributed by atoms with Crippen molar-refractivity contribution in [2.45, 2.75) is 25.8 Å². The summed E-state index contributed by atoms with van der Waals surface area (Å²) in [4.78, 5) is 4.53. The van der Waals surface area contributed by atoms with Crippen molar-refractivity contribution in [2.24, 2.45) is 5.92 Å². The van der Waals surface area contributed by atoms with Crippen molar-refractivity contribution in [1.82, 2.24) is 10.3 Å². The van der Waals surface area contributed by atoms with E-state index in [4.69, 9.17) is 4.74 Å². The van der Waals surface area contributed by atoms with E-state index in [0.29, 0.717) is 12.0 Å². The van der Waals surface area contributed by atoms with Crippen LogP contribution >= 0.6 is 0 Å². The van der Waals surface area contributed by atoms with Gasteiger partial charge in [-0.2, -0.15) is 0 Å². The molecule has 1 fully saturated rings. The third-order valence-electron chi connectivity index (χ3n) is 4.39. The zero-order chi connectivity index (χ0) is 14.7. The molecule has 1 aromatic carbocycles. The zero-order valence-electron chi connectivity index (χ0n) is 12.7. The van der Waals surface area contributed by atoms with Crippen molar-refractivity contribution in [2.75, 3.05) is 25.5 Å². The highest BCUT2D eigenvalue weighted by Crippen LogP contribution is 2.30. The molecule has 2 heterocycles. The van der Waals surface area contributed by atoms with E-state index >= 15 is 0 Å². The van der Waals surface area contributed by atoms with Crippen LogP contribution in [0.25, 0.3) is 10.8 Å². The van der Waals surface area contributed by atoms with Gasteiger partial charge in [-0.3, -0.25) is 0 Å². The summed E-state index contributed by atoms with van der Waals surface area (Å²) in [7, 11) is 1.71. The van der Waals surface area contributed by atoms with E-state index in [9.17, 15) is 0 Å². The largest absolute Gasteiger partial charge is 0.496 e. The average Bonchev–Trinajstić information content (AvgIpc) is 2.55. The third kappa shape index (κ3) is 2.95. The average molecular weight is 285 g/mol. The normalized spacial score (nSPS) is 20.2. The number of piperidine rings is 1. The van der Waals surface area contributed by atoms with Gasteiger partial charge in [-0.05, 0) is 50.9 Å². The molecule has 0 saturated carbocycles. The molecule has 0 bridgehead atoms. The fraction of sp³-hybridized carbons (Fsp3) is 0.471. The van der Waals surface area contributed by atoms with Gasteiger partial charge in [0.2, 0.25) is 0 Å². The van der Waals surface area contributed by atoms with Crippen LogP contribution in [0.1, 0.15) is 19.8 Å². The van der Waals surface area contributed by atoms with Crippen LogP contribution in [-0.4, -0.2) is 31.2 Å². The van der Waals surface area contributed by atoms with Gasteiger partial charge in [-0.25, -0.2) is 4.98 Å². The van der Waals surface area contributed by atoms with Crippen LogP contribution in [0.4, 0.5) is 5.82 Å². The minimum atomic E-state index is 0.405. The Morgan fingerprint density at radius 3 is 3.00 bits per heavy atom. The van der Waals surface area contributed by atoms with Gasteiger partial charge in [0.15, 0.2) is 0 Å². The lowest BCUT2D eigenvalue weighted by atomic mass is 9.92. The maximum atomic E-state index is 5.44. The Bertz CT molecular complexity index is 608. The number of ether oxygens (including phenoxy) is 1. The summed E-state index contributed by atoms with van der Waals surface area (Å²) in [5, 5.41) is 9.30. The highest BCUT2D eigenvalue weighted by atomic mass is 16.5. The molecule has 0 aliphatic carbocycles. The molecule has 4 heteroatoms. The van der Waals surface area contributed by atoms with Crippen LogP contribution in [0.2, 0.25) is 0 Å². The Labute approximate surface area is 125 Å². The number of hydrogen-bond donors (Lipinski definition) is 2. The van der Waals surface area contributed by atoms with E-state index in [1.165, 1.54) is 12.8 Å². The van der Waals surface area contributed by atoms with Crippen molar-refractivity contribution in [3.63, 3.8) is 0 Å². The monoisotopic (exact) mass is 285 g/mol. The van der Waals surface area contributed by atoms with Gasteiger partial charge in [-0.1, -0.05) is 12.1 Å². The Hall–Kier alpha value is -1.81.